The van der Waals surface area contributed by atoms with Crippen LogP contribution in [-0.4, -0.2) is 31.4 Å². The quantitative estimate of drug-likeness (QED) is 0.489. The second-order valence-corrected chi connectivity index (χ2v) is 8.02. The molecule has 3 rings (SSSR count). The highest BCUT2D eigenvalue weighted by Crippen LogP contribution is 2.35. The molecule has 34 heavy (non-hydrogen) atoms. The summed E-state index contributed by atoms with van der Waals surface area (Å²) in [6, 6.07) is 5.34. The first-order valence-corrected chi connectivity index (χ1v) is 10.7. The number of hydrogen-bond acceptors (Lipinski definition) is 6. The Hall–Kier alpha value is -3.63. The monoisotopic (exact) mass is 478 g/mol. The van der Waals surface area contributed by atoms with Gasteiger partial charge in [-0.1, -0.05) is 26.0 Å². The number of carbonyl (C=O) groups is 1. The van der Waals surface area contributed by atoms with Gasteiger partial charge in [0, 0.05) is 31.5 Å². The molecule has 0 fully saturated rings. The molecule has 0 bridgehead atoms. The number of nitrogens with zero attached hydrogens (tertiary/aromatic N) is 4. The molecule has 0 atom stereocenters. The molecule has 1 amide bonds. The van der Waals surface area contributed by atoms with Crippen LogP contribution in [0.3, 0.4) is 0 Å². The summed E-state index contributed by atoms with van der Waals surface area (Å²) in [6.07, 6.45) is -0.678. The van der Waals surface area contributed by atoms with Crippen molar-refractivity contribution in [3.05, 3.63) is 54.0 Å². The Morgan fingerprint density at radius 1 is 1.15 bits per heavy atom. The summed E-state index contributed by atoms with van der Waals surface area (Å²) in [5.41, 5.74) is -0.501. The van der Waals surface area contributed by atoms with Crippen molar-refractivity contribution in [2.75, 3.05) is 5.32 Å². The molecule has 0 spiro atoms. The van der Waals surface area contributed by atoms with Gasteiger partial charge in [-0.2, -0.15) is 18.3 Å². The van der Waals surface area contributed by atoms with E-state index in [4.69, 9.17) is 4.74 Å². The molecule has 2 heterocycles. The fourth-order valence-corrected chi connectivity index (χ4v) is 2.83. The van der Waals surface area contributed by atoms with Crippen LogP contribution < -0.4 is 10.6 Å². The maximum Gasteiger partial charge on any atom is 0.416 e. The Balaban J connectivity index is 0.00000199. The molecular weight excluding hydrogens is 449 g/mol. The first kappa shape index (κ1) is 26.6. The second-order valence-electron chi connectivity index (χ2n) is 8.02. The number of hydrogen-bond donors (Lipinski definition) is 2. The Morgan fingerprint density at radius 2 is 1.85 bits per heavy atom. The van der Waals surface area contributed by atoms with Gasteiger partial charge in [-0.15, -0.1) is 0 Å². The average molecular weight is 479 g/mol. The standard InChI is InChI=1S/C21H23F3N6O2.C2H6/c1-20(2,3)32-19(31)26-10-14-6-5-13(9-16(14)21(22,23)24)17-7-8-25-18(29-17)28-15-11-27-30(4)12-15;1-2/h5-9,11-12H,10H2,1-4H3,(H,26,31)(H,25,28,29);1-2H3. The molecule has 0 saturated carbocycles. The topological polar surface area (TPSA) is 94.0 Å². The van der Waals surface area contributed by atoms with Gasteiger partial charge in [-0.3, -0.25) is 4.68 Å². The number of anilines is 2. The van der Waals surface area contributed by atoms with Gasteiger partial charge >= 0.3 is 12.3 Å². The minimum Gasteiger partial charge on any atom is -0.444 e. The van der Waals surface area contributed by atoms with Crippen molar-refractivity contribution in [1.82, 2.24) is 25.1 Å². The molecule has 11 heteroatoms. The van der Waals surface area contributed by atoms with Gasteiger partial charge in [0.25, 0.3) is 0 Å². The zero-order valence-corrected chi connectivity index (χ0v) is 20.0. The van der Waals surface area contributed by atoms with E-state index >= 15 is 0 Å². The number of aryl methyl sites for hydroxylation is 1. The van der Waals surface area contributed by atoms with E-state index in [1.54, 1.807) is 44.9 Å². The van der Waals surface area contributed by atoms with Crippen LogP contribution in [-0.2, 0) is 24.5 Å². The van der Waals surface area contributed by atoms with E-state index in [9.17, 15) is 18.0 Å². The van der Waals surface area contributed by atoms with Gasteiger partial charge in [0.2, 0.25) is 5.95 Å². The highest BCUT2D eigenvalue weighted by Gasteiger charge is 2.34. The van der Waals surface area contributed by atoms with E-state index in [2.05, 4.69) is 25.7 Å². The molecule has 8 nitrogen and oxygen atoms in total. The van der Waals surface area contributed by atoms with E-state index in [0.717, 1.165) is 6.07 Å². The summed E-state index contributed by atoms with van der Waals surface area (Å²) >= 11 is 0. The van der Waals surface area contributed by atoms with Crippen LogP contribution in [0.5, 0.6) is 0 Å². The Labute approximate surface area is 196 Å². The summed E-state index contributed by atoms with van der Waals surface area (Å²) in [4.78, 5) is 20.2. The van der Waals surface area contributed by atoms with Crippen molar-refractivity contribution in [2.24, 2.45) is 7.05 Å². The summed E-state index contributed by atoms with van der Waals surface area (Å²) in [6.45, 7) is 8.67. The maximum absolute atomic E-state index is 13.7. The van der Waals surface area contributed by atoms with Gasteiger partial charge in [-0.05, 0) is 38.5 Å². The van der Waals surface area contributed by atoms with E-state index in [0.29, 0.717) is 11.4 Å². The number of ether oxygens (including phenoxy) is 1. The van der Waals surface area contributed by atoms with Crippen LogP contribution in [0.15, 0.2) is 42.9 Å². The number of halogens is 3. The Kier molecular flexibility index (Phi) is 8.61. The van der Waals surface area contributed by atoms with Crippen LogP contribution >= 0.6 is 0 Å². The van der Waals surface area contributed by atoms with Crippen molar-refractivity contribution in [3.63, 3.8) is 0 Å². The largest absolute Gasteiger partial charge is 0.444 e. The van der Waals surface area contributed by atoms with Gasteiger partial charge in [0.1, 0.15) is 5.60 Å². The zero-order chi connectivity index (χ0) is 25.5. The van der Waals surface area contributed by atoms with E-state index in [-0.39, 0.29) is 23.6 Å². The zero-order valence-electron chi connectivity index (χ0n) is 20.0. The summed E-state index contributed by atoms with van der Waals surface area (Å²) in [5.74, 6) is 0.222. The van der Waals surface area contributed by atoms with Crippen molar-refractivity contribution in [3.8, 4) is 11.3 Å². The summed E-state index contributed by atoms with van der Waals surface area (Å²) in [5, 5.41) is 9.34. The number of alkyl carbamates (subject to hydrolysis) is 1. The molecule has 1 aromatic carbocycles. The number of rotatable bonds is 5. The van der Waals surface area contributed by atoms with Crippen molar-refractivity contribution < 1.29 is 22.7 Å². The molecule has 0 aliphatic heterocycles. The lowest BCUT2D eigenvalue weighted by Crippen LogP contribution is -2.32. The molecule has 184 valence electrons. The number of benzene rings is 1. The third-order valence-corrected chi connectivity index (χ3v) is 4.15. The van der Waals surface area contributed by atoms with Crippen LogP contribution in [0.1, 0.15) is 45.7 Å². The van der Waals surface area contributed by atoms with Crippen LogP contribution in [0.4, 0.5) is 29.6 Å². The van der Waals surface area contributed by atoms with Crippen LogP contribution in [0, 0.1) is 0 Å². The van der Waals surface area contributed by atoms with Gasteiger partial charge in [0.05, 0.1) is 23.1 Å². The third kappa shape index (κ3) is 7.75. The van der Waals surface area contributed by atoms with E-state index < -0.39 is 23.4 Å². The van der Waals surface area contributed by atoms with Gasteiger partial charge in [0.15, 0.2) is 0 Å². The first-order chi connectivity index (χ1) is 15.9. The fraction of sp³-hybridized carbons (Fsp3) is 0.391. The minimum atomic E-state index is -4.62. The lowest BCUT2D eigenvalue weighted by Gasteiger charge is -2.20. The summed E-state index contributed by atoms with van der Waals surface area (Å²) < 4.78 is 47.8. The predicted molar refractivity (Wildman–Crippen MR) is 123 cm³/mol. The van der Waals surface area contributed by atoms with Crippen LogP contribution in [0.2, 0.25) is 0 Å². The van der Waals surface area contributed by atoms with Gasteiger partial charge < -0.3 is 15.4 Å². The van der Waals surface area contributed by atoms with Crippen molar-refractivity contribution in [1.29, 1.82) is 0 Å². The Morgan fingerprint density at radius 3 is 2.44 bits per heavy atom. The summed E-state index contributed by atoms with van der Waals surface area (Å²) in [7, 11) is 1.75. The van der Waals surface area contributed by atoms with Gasteiger partial charge in [-0.25, -0.2) is 14.8 Å². The minimum absolute atomic E-state index is 0.0881. The number of nitrogens with one attached hydrogen (secondary N) is 2. The smallest absolute Gasteiger partial charge is 0.416 e. The lowest BCUT2D eigenvalue weighted by molar-refractivity contribution is -0.138. The van der Waals surface area contributed by atoms with Crippen LogP contribution in [0.25, 0.3) is 11.3 Å². The molecule has 0 saturated heterocycles. The SMILES string of the molecule is CC.Cn1cc(Nc2nccc(-c3ccc(CNC(=O)OC(C)(C)C)c(C(F)(F)F)c3)n2)cn1. The second kappa shape index (κ2) is 11.0. The van der Waals surface area contributed by atoms with E-state index in [1.807, 2.05) is 13.8 Å². The maximum atomic E-state index is 13.7. The first-order valence-electron chi connectivity index (χ1n) is 10.7. The van der Waals surface area contributed by atoms with E-state index in [1.165, 1.54) is 24.4 Å². The third-order valence-electron chi connectivity index (χ3n) is 4.15. The highest BCUT2D eigenvalue weighted by atomic mass is 19.4. The predicted octanol–water partition coefficient (Wildman–Crippen LogP) is 5.69. The molecule has 2 N–H and O–H groups in total. The number of aromatic nitrogens is 4. The molecular formula is C23H29F3N6O2. The molecule has 0 aliphatic carbocycles. The normalized spacial score (nSPS) is 11.3. The molecule has 0 unspecified atom stereocenters. The number of amides is 1. The average Bonchev–Trinajstić information content (AvgIpc) is 3.16. The Bertz CT molecular complexity index is 1110. The molecule has 2 aromatic heterocycles. The molecule has 0 radical (unpaired) electrons. The van der Waals surface area contributed by atoms with Crippen molar-refractivity contribution in [2.45, 2.75) is 52.9 Å². The number of alkyl halides is 3. The lowest BCUT2D eigenvalue weighted by atomic mass is 10.0. The molecule has 3 aromatic rings. The number of carbonyl (C=O) groups excluding carboxylic acids is 1. The fourth-order valence-electron chi connectivity index (χ4n) is 2.83. The highest BCUT2D eigenvalue weighted by molar-refractivity contribution is 5.68. The van der Waals surface area contributed by atoms with Crippen molar-refractivity contribution >= 4 is 17.7 Å². The molecule has 0 aliphatic rings.